The lowest BCUT2D eigenvalue weighted by Gasteiger charge is -1.94. The van der Waals surface area contributed by atoms with Crippen LogP contribution in [0.2, 0.25) is 0 Å². The molecule has 70 valence electrons. The fourth-order valence-corrected chi connectivity index (χ4v) is 0.942. The molecule has 1 N–H and O–H groups in total. The van der Waals surface area contributed by atoms with Gasteiger partial charge in [-0.2, -0.15) is 0 Å². The van der Waals surface area contributed by atoms with E-state index in [1.54, 1.807) is 24.3 Å². The zero-order chi connectivity index (χ0) is 10.6. The smallest absolute Gasteiger partial charge is 0.382 e. The van der Waals surface area contributed by atoms with Crippen LogP contribution in [-0.2, 0) is 4.79 Å². The van der Waals surface area contributed by atoms with Crippen LogP contribution in [-0.4, -0.2) is 16.9 Å². The van der Waals surface area contributed by atoms with Gasteiger partial charge in [-0.1, -0.05) is 18.1 Å². The summed E-state index contributed by atoms with van der Waals surface area (Å²) in [6.07, 6.45) is 0. The highest BCUT2D eigenvalue weighted by atomic mass is 16.4. The van der Waals surface area contributed by atoms with Crippen molar-refractivity contribution < 1.29 is 14.7 Å². The number of benzene rings is 1. The Labute approximate surface area is 81.4 Å². The third-order valence-corrected chi connectivity index (χ3v) is 1.58. The van der Waals surface area contributed by atoms with Crippen LogP contribution in [0, 0.1) is 11.8 Å². The first-order valence-corrected chi connectivity index (χ1v) is 3.95. The summed E-state index contributed by atoms with van der Waals surface area (Å²) in [5.41, 5.74) is 1.06. The van der Waals surface area contributed by atoms with Gasteiger partial charge in [0.05, 0.1) is 0 Å². The number of hydrogen-bond acceptors (Lipinski definition) is 2. The molecule has 0 saturated carbocycles. The topological polar surface area (TPSA) is 54.4 Å². The molecule has 0 aliphatic heterocycles. The van der Waals surface area contributed by atoms with Crippen molar-refractivity contribution in [2.75, 3.05) is 0 Å². The second-order valence-electron chi connectivity index (χ2n) is 2.69. The number of carboxylic acids is 1. The van der Waals surface area contributed by atoms with E-state index in [-0.39, 0.29) is 5.78 Å². The van der Waals surface area contributed by atoms with Crippen molar-refractivity contribution >= 4 is 11.8 Å². The Balaban J connectivity index is 3.02. The van der Waals surface area contributed by atoms with Crippen molar-refractivity contribution in [1.29, 1.82) is 0 Å². The van der Waals surface area contributed by atoms with Crippen LogP contribution in [0.1, 0.15) is 22.8 Å². The van der Waals surface area contributed by atoms with Crippen molar-refractivity contribution in [2.45, 2.75) is 6.92 Å². The minimum absolute atomic E-state index is 0.0658. The first kappa shape index (κ1) is 10.0. The van der Waals surface area contributed by atoms with Gasteiger partial charge in [-0.25, -0.2) is 4.79 Å². The average Bonchev–Trinajstić information content (AvgIpc) is 2.15. The molecule has 0 aliphatic rings. The molecule has 0 spiro atoms. The summed E-state index contributed by atoms with van der Waals surface area (Å²) < 4.78 is 0. The summed E-state index contributed by atoms with van der Waals surface area (Å²) in [5.74, 6) is 3.17. The minimum atomic E-state index is -1.18. The van der Waals surface area contributed by atoms with E-state index in [4.69, 9.17) is 5.11 Å². The lowest BCUT2D eigenvalue weighted by atomic mass is 10.1. The predicted octanol–water partition coefficient (Wildman–Crippen LogP) is 1.33. The Hall–Kier alpha value is -2.08. The van der Waals surface area contributed by atoms with Gasteiger partial charge in [0.1, 0.15) is 0 Å². The van der Waals surface area contributed by atoms with E-state index in [1.165, 1.54) is 6.92 Å². The normalized spacial score (nSPS) is 8.64. The van der Waals surface area contributed by atoms with E-state index in [0.29, 0.717) is 11.1 Å². The number of Topliss-reactive ketones (excluding diaryl/α,β-unsaturated/α-hetero) is 1. The van der Waals surface area contributed by atoms with Crippen molar-refractivity contribution in [2.24, 2.45) is 0 Å². The lowest BCUT2D eigenvalue weighted by molar-refractivity contribution is -0.130. The number of carboxylic acid groups (broad SMARTS) is 1. The molecule has 14 heavy (non-hydrogen) atoms. The first-order chi connectivity index (χ1) is 6.59. The molecule has 0 saturated heterocycles. The highest BCUT2D eigenvalue weighted by molar-refractivity contribution is 5.94. The molecule has 0 fully saturated rings. The molecule has 0 atom stereocenters. The second-order valence-corrected chi connectivity index (χ2v) is 2.69. The van der Waals surface area contributed by atoms with Crippen LogP contribution in [0.5, 0.6) is 0 Å². The Kier molecular flexibility index (Phi) is 3.03. The number of carbonyl (C=O) groups is 2. The summed E-state index contributed by atoms with van der Waals surface area (Å²) in [6, 6.07) is 6.55. The quantitative estimate of drug-likeness (QED) is 0.534. The van der Waals surface area contributed by atoms with Crippen LogP contribution in [0.4, 0.5) is 0 Å². The third kappa shape index (κ3) is 2.76. The van der Waals surface area contributed by atoms with Gasteiger partial charge < -0.3 is 5.11 Å². The molecule has 0 heterocycles. The van der Waals surface area contributed by atoms with E-state index in [0.717, 1.165) is 0 Å². The Morgan fingerprint density at radius 1 is 1.36 bits per heavy atom. The van der Waals surface area contributed by atoms with Crippen molar-refractivity contribution in [3.8, 4) is 11.8 Å². The molecular weight excluding hydrogens is 180 g/mol. The van der Waals surface area contributed by atoms with Gasteiger partial charge in [-0.05, 0) is 19.1 Å². The fourth-order valence-electron chi connectivity index (χ4n) is 0.942. The van der Waals surface area contributed by atoms with Crippen molar-refractivity contribution in [1.82, 2.24) is 0 Å². The SMILES string of the molecule is CC(=O)c1cccc(C#CC(=O)O)c1. The van der Waals surface area contributed by atoms with Gasteiger partial charge in [0.25, 0.3) is 0 Å². The monoisotopic (exact) mass is 188 g/mol. The Morgan fingerprint density at radius 3 is 2.64 bits per heavy atom. The summed E-state index contributed by atoms with van der Waals surface area (Å²) in [6.45, 7) is 1.45. The minimum Gasteiger partial charge on any atom is -0.472 e. The van der Waals surface area contributed by atoms with Crippen molar-refractivity contribution in [3.05, 3.63) is 35.4 Å². The van der Waals surface area contributed by atoms with Gasteiger partial charge in [0, 0.05) is 17.0 Å². The molecule has 3 nitrogen and oxygen atoms in total. The molecule has 0 bridgehead atoms. The lowest BCUT2D eigenvalue weighted by Crippen LogP contribution is -1.92. The zero-order valence-corrected chi connectivity index (χ0v) is 7.57. The highest BCUT2D eigenvalue weighted by Crippen LogP contribution is 2.04. The maximum absolute atomic E-state index is 11.0. The first-order valence-electron chi connectivity index (χ1n) is 3.95. The summed E-state index contributed by atoms with van der Waals surface area (Å²) in [5, 5.41) is 8.31. The van der Waals surface area contributed by atoms with Gasteiger partial charge in [-0.3, -0.25) is 4.79 Å². The van der Waals surface area contributed by atoms with E-state index >= 15 is 0 Å². The maximum atomic E-state index is 11.0. The third-order valence-electron chi connectivity index (χ3n) is 1.58. The molecule has 1 aromatic rings. The fraction of sp³-hybridized carbons (Fsp3) is 0.0909. The van der Waals surface area contributed by atoms with Crippen LogP contribution < -0.4 is 0 Å². The molecule has 0 radical (unpaired) electrons. The van der Waals surface area contributed by atoms with E-state index in [1.807, 2.05) is 5.92 Å². The van der Waals surface area contributed by atoms with Gasteiger partial charge in [0.15, 0.2) is 5.78 Å². The number of aliphatic carboxylic acids is 1. The molecular formula is C11H8O3. The predicted molar refractivity (Wildman–Crippen MR) is 51.0 cm³/mol. The standard InChI is InChI=1S/C11H8O3/c1-8(12)10-4-2-3-9(7-10)5-6-11(13)14/h2-4,7H,1H3,(H,13,14). The number of hydrogen-bond donors (Lipinski definition) is 1. The summed E-state index contributed by atoms with van der Waals surface area (Å²) in [7, 11) is 0. The summed E-state index contributed by atoms with van der Waals surface area (Å²) in [4.78, 5) is 21.1. The number of ketones is 1. The van der Waals surface area contributed by atoms with Gasteiger partial charge in [0.2, 0.25) is 0 Å². The average molecular weight is 188 g/mol. The molecule has 1 aromatic carbocycles. The molecule has 0 aliphatic carbocycles. The molecule has 0 aromatic heterocycles. The molecule has 0 unspecified atom stereocenters. The van der Waals surface area contributed by atoms with E-state index in [2.05, 4.69) is 5.92 Å². The number of carbonyl (C=O) groups excluding carboxylic acids is 1. The van der Waals surface area contributed by atoms with Crippen LogP contribution in [0.15, 0.2) is 24.3 Å². The van der Waals surface area contributed by atoms with Gasteiger partial charge in [-0.15, -0.1) is 0 Å². The molecule has 0 amide bonds. The largest absolute Gasteiger partial charge is 0.472 e. The zero-order valence-electron chi connectivity index (χ0n) is 7.57. The van der Waals surface area contributed by atoms with Crippen LogP contribution in [0.25, 0.3) is 0 Å². The maximum Gasteiger partial charge on any atom is 0.382 e. The highest BCUT2D eigenvalue weighted by Gasteiger charge is 1.98. The molecule has 1 rings (SSSR count). The van der Waals surface area contributed by atoms with Crippen molar-refractivity contribution in [3.63, 3.8) is 0 Å². The van der Waals surface area contributed by atoms with Gasteiger partial charge >= 0.3 is 5.97 Å². The van der Waals surface area contributed by atoms with Crippen LogP contribution >= 0.6 is 0 Å². The van der Waals surface area contributed by atoms with E-state index in [9.17, 15) is 9.59 Å². The van der Waals surface area contributed by atoms with E-state index < -0.39 is 5.97 Å². The second kappa shape index (κ2) is 4.24. The number of rotatable bonds is 1. The Bertz CT molecular complexity index is 435. The van der Waals surface area contributed by atoms with Crippen LogP contribution in [0.3, 0.4) is 0 Å². The molecule has 3 heteroatoms. The Morgan fingerprint density at radius 2 is 2.07 bits per heavy atom. The summed E-state index contributed by atoms with van der Waals surface area (Å²) >= 11 is 0.